The smallest absolute Gasteiger partial charge is 0.324 e. The van der Waals surface area contributed by atoms with Gasteiger partial charge in [-0.25, -0.2) is 0 Å². The van der Waals surface area contributed by atoms with E-state index in [0.29, 0.717) is 18.0 Å². The summed E-state index contributed by atoms with van der Waals surface area (Å²) >= 11 is 5.79. The topological polar surface area (TPSA) is 29.3 Å². The van der Waals surface area contributed by atoms with Gasteiger partial charge < -0.3 is 5.73 Å². The fraction of sp³-hybridized carbons (Fsp3) is 0.571. The van der Waals surface area contributed by atoms with Crippen molar-refractivity contribution < 1.29 is 13.2 Å². The van der Waals surface area contributed by atoms with Crippen molar-refractivity contribution in [1.82, 2.24) is 4.90 Å². The van der Waals surface area contributed by atoms with Gasteiger partial charge in [0.2, 0.25) is 0 Å². The zero-order valence-corrected chi connectivity index (χ0v) is 11.8. The van der Waals surface area contributed by atoms with Crippen LogP contribution in [-0.2, 0) is 0 Å². The predicted molar refractivity (Wildman–Crippen MR) is 73.6 cm³/mol. The Labute approximate surface area is 121 Å². The van der Waals surface area contributed by atoms with E-state index in [1.54, 1.807) is 12.1 Å². The van der Waals surface area contributed by atoms with Gasteiger partial charge in [-0.15, -0.1) is 0 Å². The van der Waals surface area contributed by atoms with Crippen LogP contribution < -0.4 is 5.73 Å². The maximum Gasteiger partial charge on any atom is 0.401 e. The van der Waals surface area contributed by atoms with Crippen LogP contribution in [-0.4, -0.2) is 30.2 Å². The number of nitrogens with two attached hydrogens (primary N) is 1. The van der Waals surface area contributed by atoms with Gasteiger partial charge in [0.15, 0.2) is 0 Å². The van der Waals surface area contributed by atoms with Gasteiger partial charge in [-0.05, 0) is 37.0 Å². The van der Waals surface area contributed by atoms with Crippen LogP contribution in [0.5, 0.6) is 0 Å². The highest BCUT2D eigenvalue weighted by Crippen LogP contribution is 2.31. The van der Waals surface area contributed by atoms with Crippen LogP contribution >= 0.6 is 11.6 Å². The second-order valence-corrected chi connectivity index (χ2v) is 5.70. The average Bonchev–Trinajstić information content (AvgIpc) is 3.17. The van der Waals surface area contributed by atoms with Crippen LogP contribution in [0.1, 0.15) is 30.9 Å². The molecule has 1 fully saturated rings. The minimum Gasteiger partial charge on any atom is -0.324 e. The summed E-state index contributed by atoms with van der Waals surface area (Å²) < 4.78 is 37.5. The summed E-state index contributed by atoms with van der Waals surface area (Å²) in [6.07, 6.45) is -1.93. The summed E-state index contributed by atoms with van der Waals surface area (Å²) in [4.78, 5) is 1.50. The molecule has 2 nitrogen and oxygen atoms in total. The molecule has 2 N–H and O–H groups in total. The zero-order chi connectivity index (χ0) is 14.8. The summed E-state index contributed by atoms with van der Waals surface area (Å²) in [6.45, 7) is -0.473. The Balaban J connectivity index is 1.87. The Hall–Kier alpha value is -0.780. The molecule has 0 heterocycles. The quantitative estimate of drug-likeness (QED) is 0.867. The first-order valence-electron chi connectivity index (χ1n) is 6.67. The molecule has 2 rings (SSSR count). The zero-order valence-electron chi connectivity index (χ0n) is 11.0. The molecule has 0 amide bonds. The van der Waals surface area contributed by atoms with E-state index in [0.717, 1.165) is 18.4 Å². The van der Waals surface area contributed by atoms with Crippen LogP contribution in [0.2, 0.25) is 5.02 Å². The Kier molecular flexibility index (Phi) is 4.94. The number of halogens is 4. The molecule has 1 aromatic carbocycles. The van der Waals surface area contributed by atoms with Crippen LogP contribution in [0.15, 0.2) is 24.3 Å². The highest BCUT2D eigenvalue weighted by atomic mass is 35.5. The van der Waals surface area contributed by atoms with Crippen molar-refractivity contribution in [2.24, 2.45) is 5.73 Å². The molecule has 6 heteroatoms. The van der Waals surface area contributed by atoms with Gasteiger partial charge in [0.05, 0.1) is 6.54 Å². The highest BCUT2D eigenvalue weighted by Gasteiger charge is 2.37. The van der Waals surface area contributed by atoms with Gasteiger partial charge in [0.25, 0.3) is 0 Å². The van der Waals surface area contributed by atoms with Crippen molar-refractivity contribution in [1.29, 1.82) is 0 Å². The van der Waals surface area contributed by atoms with E-state index < -0.39 is 12.7 Å². The van der Waals surface area contributed by atoms with E-state index in [1.165, 1.54) is 4.90 Å². The number of hydrogen-bond donors (Lipinski definition) is 1. The monoisotopic (exact) mass is 306 g/mol. The fourth-order valence-electron chi connectivity index (χ4n) is 2.24. The standard InChI is InChI=1S/C14H18ClF3N2/c15-11-3-1-10(2-4-11)13(19)7-8-20(12-5-6-12)9-14(16,17)18/h1-4,12-13H,5-9,19H2. The number of rotatable bonds is 6. The minimum atomic E-state index is -4.15. The van der Waals surface area contributed by atoms with Crippen LogP contribution in [0.25, 0.3) is 0 Å². The van der Waals surface area contributed by atoms with Crippen molar-refractivity contribution in [2.45, 2.75) is 37.5 Å². The summed E-state index contributed by atoms with van der Waals surface area (Å²) in [7, 11) is 0. The van der Waals surface area contributed by atoms with Crippen LogP contribution in [0.4, 0.5) is 13.2 Å². The first kappa shape index (κ1) is 15.6. The van der Waals surface area contributed by atoms with Crippen molar-refractivity contribution >= 4 is 11.6 Å². The molecule has 1 aliphatic carbocycles. The summed E-state index contributed by atoms with van der Waals surface area (Å²) in [5.74, 6) is 0. The Morgan fingerprint density at radius 1 is 1.25 bits per heavy atom. The molecule has 0 aromatic heterocycles. The summed E-state index contributed by atoms with van der Waals surface area (Å²) in [5, 5.41) is 0.623. The molecule has 0 spiro atoms. The molecule has 1 aliphatic rings. The Morgan fingerprint density at radius 3 is 2.35 bits per heavy atom. The van der Waals surface area contributed by atoms with Crippen molar-refractivity contribution in [2.75, 3.05) is 13.1 Å². The van der Waals surface area contributed by atoms with Gasteiger partial charge in [0, 0.05) is 23.7 Å². The maximum absolute atomic E-state index is 12.5. The first-order valence-corrected chi connectivity index (χ1v) is 7.05. The molecule has 112 valence electrons. The van der Waals surface area contributed by atoms with Gasteiger partial charge in [-0.3, -0.25) is 4.90 Å². The van der Waals surface area contributed by atoms with E-state index in [1.807, 2.05) is 12.1 Å². The molecule has 1 atom stereocenters. The number of alkyl halides is 3. The van der Waals surface area contributed by atoms with Crippen molar-refractivity contribution in [3.8, 4) is 0 Å². The predicted octanol–water partition coefficient (Wildman–Crippen LogP) is 3.76. The lowest BCUT2D eigenvalue weighted by molar-refractivity contribution is -0.147. The summed E-state index contributed by atoms with van der Waals surface area (Å²) in [5.41, 5.74) is 6.93. The molecular formula is C14H18ClF3N2. The van der Waals surface area contributed by atoms with Gasteiger partial charge in [-0.1, -0.05) is 23.7 Å². The molecule has 20 heavy (non-hydrogen) atoms. The van der Waals surface area contributed by atoms with Gasteiger partial charge in [0.1, 0.15) is 0 Å². The molecule has 1 saturated carbocycles. The SMILES string of the molecule is NC(CCN(CC(F)(F)F)C1CC1)c1ccc(Cl)cc1. The molecule has 0 aliphatic heterocycles. The molecule has 1 unspecified atom stereocenters. The van der Waals surface area contributed by atoms with Gasteiger partial charge >= 0.3 is 6.18 Å². The van der Waals surface area contributed by atoms with E-state index in [9.17, 15) is 13.2 Å². The van der Waals surface area contributed by atoms with Crippen LogP contribution in [0, 0.1) is 0 Å². The van der Waals surface area contributed by atoms with Crippen LogP contribution in [0.3, 0.4) is 0 Å². The lowest BCUT2D eigenvalue weighted by Crippen LogP contribution is -2.37. The van der Waals surface area contributed by atoms with E-state index >= 15 is 0 Å². The number of nitrogens with zero attached hydrogens (tertiary/aromatic N) is 1. The number of benzene rings is 1. The average molecular weight is 307 g/mol. The minimum absolute atomic E-state index is 0.0778. The summed E-state index contributed by atoms with van der Waals surface area (Å²) in [6, 6.07) is 6.93. The molecule has 0 saturated heterocycles. The highest BCUT2D eigenvalue weighted by molar-refractivity contribution is 6.30. The third-order valence-corrected chi connectivity index (χ3v) is 3.72. The van der Waals surface area contributed by atoms with E-state index in [2.05, 4.69) is 0 Å². The van der Waals surface area contributed by atoms with Crippen molar-refractivity contribution in [3.05, 3.63) is 34.9 Å². The second-order valence-electron chi connectivity index (χ2n) is 5.26. The molecule has 1 aromatic rings. The number of hydrogen-bond acceptors (Lipinski definition) is 2. The molecule has 0 bridgehead atoms. The first-order chi connectivity index (χ1) is 9.35. The van der Waals surface area contributed by atoms with Gasteiger partial charge in [-0.2, -0.15) is 13.2 Å². The van der Waals surface area contributed by atoms with Crippen molar-refractivity contribution in [3.63, 3.8) is 0 Å². The molecular weight excluding hydrogens is 289 g/mol. The lowest BCUT2D eigenvalue weighted by Gasteiger charge is -2.25. The second kappa shape index (κ2) is 6.33. The largest absolute Gasteiger partial charge is 0.401 e. The van der Waals surface area contributed by atoms with E-state index in [4.69, 9.17) is 17.3 Å². The maximum atomic E-state index is 12.5. The third kappa shape index (κ3) is 4.96. The Morgan fingerprint density at radius 2 is 1.85 bits per heavy atom. The lowest BCUT2D eigenvalue weighted by atomic mass is 10.0. The fourth-order valence-corrected chi connectivity index (χ4v) is 2.37. The Bertz CT molecular complexity index is 429. The molecule has 0 radical (unpaired) electrons. The normalized spacial score (nSPS) is 17.5. The van der Waals surface area contributed by atoms with E-state index in [-0.39, 0.29) is 12.1 Å². The third-order valence-electron chi connectivity index (χ3n) is 3.47.